The molecule has 1 N–H and O–H groups in total. The number of sulfonamides is 1. The zero-order valence-corrected chi connectivity index (χ0v) is 12.7. The molecule has 0 atom stereocenters. The van der Waals surface area contributed by atoms with Gasteiger partial charge in [-0.1, -0.05) is 25.4 Å². The number of carboxylic acids is 1. The number of benzene rings is 1. The highest BCUT2D eigenvalue weighted by Crippen LogP contribution is 2.29. The summed E-state index contributed by atoms with van der Waals surface area (Å²) in [7, 11) is -3.77. The van der Waals surface area contributed by atoms with Crippen LogP contribution in [0.4, 0.5) is 0 Å². The minimum Gasteiger partial charge on any atom is -0.480 e. The predicted molar refractivity (Wildman–Crippen MR) is 74.7 cm³/mol. The van der Waals surface area contributed by atoms with Crippen molar-refractivity contribution in [2.45, 2.75) is 18.7 Å². The Morgan fingerprint density at radius 1 is 1.35 bits per heavy atom. The zero-order chi connectivity index (χ0) is 15.3. The van der Waals surface area contributed by atoms with Gasteiger partial charge >= 0.3 is 5.97 Å². The molecular formula is C12H16ClNO5S. The Hall–Kier alpha value is -1.31. The van der Waals surface area contributed by atoms with Crippen LogP contribution in [-0.2, 0) is 14.8 Å². The first-order chi connectivity index (χ1) is 9.32. The predicted octanol–water partition coefficient (Wildman–Crippen LogP) is 1.83. The van der Waals surface area contributed by atoms with Gasteiger partial charge in [-0.05, 0) is 18.2 Å². The van der Waals surface area contributed by atoms with Crippen molar-refractivity contribution in [3.63, 3.8) is 0 Å². The van der Waals surface area contributed by atoms with E-state index >= 15 is 0 Å². The molecule has 0 saturated carbocycles. The fourth-order valence-electron chi connectivity index (χ4n) is 1.64. The van der Waals surface area contributed by atoms with Gasteiger partial charge in [-0.25, -0.2) is 13.2 Å². The van der Waals surface area contributed by atoms with Crippen LogP contribution in [0.5, 0.6) is 5.75 Å². The Morgan fingerprint density at radius 3 is 2.45 bits per heavy atom. The van der Waals surface area contributed by atoms with Crippen LogP contribution in [-0.4, -0.2) is 43.5 Å². The third kappa shape index (κ3) is 3.84. The minimum absolute atomic E-state index is 0.0244. The van der Waals surface area contributed by atoms with Crippen molar-refractivity contribution in [1.82, 2.24) is 4.31 Å². The van der Waals surface area contributed by atoms with Crippen molar-refractivity contribution in [2.75, 3.05) is 19.7 Å². The van der Waals surface area contributed by atoms with Crippen molar-refractivity contribution in [3.05, 3.63) is 23.2 Å². The van der Waals surface area contributed by atoms with E-state index in [1.807, 2.05) is 0 Å². The van der Waals surface area contributed by atoms with E-state index in [2.05, 4.69) is 0 Å². The number of rotatable bonds is 7. The number of hydrogen-bond donors (Lipinski definition) is 1. The maximum Gasteiger partial charge on any atom is 0.341 e. The molecule has 6 nitrogen and oxygen atoms in total. The lowest BCUT2D eigenvalue weighted by Gasteiger charge is -2.20. The molecule has 0 saturated heterocycles. The Labute approximate surface area is 123 Å². The Balaban J connectivity index is 3.27. The van der Waals surface area contributed by atoms with Crippen LogP contribution >= 0.6 is 11.6 Å². The molecule has 0 heterocycles. The van der Waals surface area contributed by atoms with E-state index in [1.165, 1.54) is 22.5 Å². The molecule has 8 heteroatoms. The van der Waals surface area contributed by atoms with Crippen LogP contribution in [0, 0.1) is 0 Å². The largest absolute Gasteiger partial charge is 0.480 e. The molecule has 1 aromatic rings. The first-order valence-electron chi connectivity index (χ1n) is 5.97. The molecule has 0 aliphatic rings. The summed E-state index contributed by atoms with van der Waals surface area (Å²) in [5.41, 5.74) is 0. The average Bonchev–Trinajstić information content (AvgIpc) is 2.38. The van der Waals surface area contributed by atoms with Crippen LogP contribution in [0.1, 0.15) is 13.8 Å². The van der Waals surface area contributed by atoms with E-state index in [-0.39, 0.29) is 15.7 Å². The van der Waals surface area contributed by atoms with Crippen LogP contribution in [0.2, 0.25) is 5.02 Å². The van der Waals surface area contributed by atoms with E-state index in [0.29, 0.717) is 13.1 Å². The highest BCUT2D eigenvalue weighted by Gasteiger charge is 2.26. The van der Waals surface area contributed by atoms with Crippen LogP contribution in [0.25, 0.3) is 0 Å². The van der Waals surface area contributed by atoms with Crippen molar-refractivity contribution >= 4 is 27.6 Å². The van der Waals surface area contributed by atoms with Gasteiger partial charge in [0.05, 0.1) is 0 Å². The highest BCUT2D eigenvalue weighted by atomic mass is 35.5. The van der Waals surface area contributed by atoms with Gasteiger partial charge in [-0.15, -0.1) is 0 Å². The maximum absolute atomic E-state index is 12.5. The summed E-state index contributed by atoms with van der Waals surface area (Å²) in [4.78, 5) is 10.4. The van der Waals surface area contributed by atoms with E-state index in [1.54, 1.807) is 13.8 Å². The first-order valence-corrected chi connectivity index (χ1v) is 7.79. The summed E-state index contributed by atoms with van der Waals surface area (Å²) >= 11 is 5.82. The van der Waals surface area contributed by atoms with Gasteiger partial charge in [-0.3, -0.25) is 0 Å². The summed E-state index contributed by atoms with van der Waals surface area (Å²) in [6.07, 6.45) is 0. The standard InChI is InChI=1S/C12H16ClNO5S/c1-3-14(4-2)20(17,18)11-7-9(13)5-6-10(11)19-8-12(15)16/h5-7H,3-4,8H2,1-2H3,(H,15,16). The number of nitrogens with zero attached hydrogens (tertiary/aromatic N) is 1. The normalized spacial score (nSPS) is 11.6. The molecule has 0 bridgehead atoms. The molecule has 0 aromatic heterocycles. The van der Waals surface area contributed by atoms with Crippen LogP contribution in [0.15, 0.2) is 23.1 Å². The summed E-state index contributed by atoms with van der Waals surface area (Å²) in [6.45, 7) is 3.39. The first kappa shape index (κ1) is 16.7. The summed E-state index contributed by atoms with van der Waals surface area (Å²) in [6, 6.07) is 4.05. The lowest BCUT2D eigenvalue weighted by atomic mass is 10.3. The van der Waals surface area contributed by atoms with Crippen LogP contribution in [0.3, 0.4) is 0 Å². The third-order valence-corrected chi connectivity index (χ3v) is 4.89. The molecule has 0 aliphatic heterocycles. The average molecular weight is 322 g/mol. The molecular weight excluding hydrogens is 306 g/mol. The summed E-state index contributed by atoms with van der Waals surface area (Å²) in [5, 5.41) is 8.85. The zero-order valence-electron chi connectivity index (χ0n) is 11.2. The second-order valence-corrected chi connectivity index (χ2v) is 6.21. The number of carbonyl (C=O) groups is 1. The van der Waals surface area contributed by atoms with Crippen molar-refractivity contribution in [1.29, 1.82) is 0 Å². The van der Waals surface area contributed by atoms with Gasteiger partial charge in [0.25, 0.3) is 0 Å². The molecule has 0 unspecified atom stereocenters. The van der Waals surface area contributed by atoms with Gasteiger partial charge in [0, 0.05) is 18.1 Å². The van der Waals surface area contributed by atoms with Gasteiger partial charge < -0.3 is 9.84 Å². The Kier molecular flexibility index (Phi) is 5.79. The van der Waals surface area contributed by atoms with Crippen molar-refractivity contribution in [2.24, 2.45) is 0 Å². The number of carboxylic acid groups (broad SMARTS) is 1. The minimum atomic E-state index is -3.77. The molecule has 112 valence electrons. The maximum atomic E-state index is 12.5. The molecule has 0 amide bonds. The SMILES string of the molecule is CCN(CC)S(=O)(=O)c1cc(Cl)ccc1OCC(=O)O. The molecule has 1 aromatic carbocycles. The van der Waals surface area contributed by atoms with Crippen molar-refractivity contribution < 1.29 is 23.1 Å². The Bertz CT molecular complexity index is 584. The van der Waals surface area contributed by atoms with Crippen LogP contribution < -0.4 is 4.74 Å². The van der Waals surface area contributed by atoms with E-state index in [4.69, 9.17) is 21.4 Å². The molecule has 0 aliphatic carbocycles. The molecule has 0 spiro atoms. The Morgan fingerprint density at radius 2 is 1.95 bits per heavy atom. The quantitative estimate of drug-likeness (QED) is 0.828. The monoisotopic (exact) mass is 321 g/mol. The molecule has 0 radical (unpaired) electrons. The number of halogens is 1. The lowest BCUT2D eigenvalue weighted by molar-refractivity contribution is -0.139. The molecule has 1 rings (SSSR count). The number of aliphatic carboxylic acids is 1. The number of hydrogen-bond acceptors (Lipinski definition) is 4. The smallest absolute Gasteiger partial charge is 0.341 e. The summed E-state index contributed by atoms with van der Waals surface area (Å²) in [5.74, 6) is -1.21. The van der Waals surface area contributed by atoms with Crippen molar-refractivity contribution in [3.8, 4) is 5.75 Å². The van der Waals surface area contributed by atoms with E-state index in [9.17, 15) is 13.2 Å². The van der Waals surface area contributed by atoms with Gasteiger partial charge in [0.15, 0.2) is 6.61 Å². The second-order valence-electron chi connectivity index (χ2n) is 3.86. The summed E-state index contributed by atoms with van der Waals surface area (Å²) < 4.78 is 31.2. The van der Waals surface area contributed by atoms with Gasteiger partial charge in [0.2, 0.25) is 10.0 Å². The highest BCUT2D eigenvalue weighted by molar-refractivity contribution is 7.89. The fraction of sp³-hybridized carbons (Fsp3) is 0.417. The fourth-order valence-corrected chi connectivity index (χ4v) is 3.50. The lowest BCUT2D eigenvalue weighted by Crippen LogP contribution is -2.31. The van der Waals surface area contributed by atoms with Gasteiger partial charge in [0.1, 0.15) is 10.6 Å². The number of ether oxygens (including phenoxy) is 1. The topological polar surface area (TPSA) is 83.9 Å². The second kappa shape index (κ2) is 6.92. The van der Waals surface area contributed by atoms with Gasteiger partial charge in [-0.2, -0.15) is 4.31 Å². The molecule has 20 heavy (non-hydrogen) atoms. The third-order valence-electron chi connectivity index (χ3n) is 2.58. The van der Waals surface area contributed by atoms with E-state index < -0.39 is 22.6 Å². The molecule has 0 fully saturated rings. The van der Waals surface area contributed by atoms with E-state index in [0.717, 1.165) is 0 Å².